The minimum absolute atomic E-state index is 0.00276. The van der Waals surface area contributed by atoms with Crippen LogP contribution in [0.15, 0.2) is 73.1 Å². The summed E-state index contributed by atoms with van der Waals surface area (Å²) in [7, 11) is 0. The molecule has 3 aromatic rings. The number of hydrogen-bond acceptors (Lipinski definition) is 3. The van der Waals surface area contributed by atoms with Crippen molar-refractivity contribution in [2.45, 2.75) is 0 Å². The predicted octanol–water partition coefficient (Wildman–Crippen LogP) is 3.35. The Hall–Kier alpha value is -3.47. The number of nitrogens with zero attached hydrogens (tertiary/aromatic N) is 2. The van der Waals surface area contributed by atoms with Crippen LogP contribution in [-0.2, 0) is 4.79 Å². The van der Waals surface area contributed by atoms with Crippen LogP contribution in [0.3, 0.4) is 0 Å². The van der Waals surface area contributed by atoms with Crippen LogP contribution in [-0.4, -0.2) is 23.3 Å². The molecular formula is C20H15N3O2. The third kappa shape index (κ3) is 2.87. The third-order valence-corrected chi connectivity index (χ3v) is 4.13. The molecule has 0 saturated heterocycles. The van der Waals surface area contributed by atoms with Gasteiger partial charge in [0.15, 0.2) is 0 Å². The van der Waals surface area contributed by atoms with Gasteiger partial charge in [-0.25, -0.2) is 0 Å². The standard InChI is InChI=1S/C20H15N3O2/c24-19-13-23(20(25)14-5-2-1-3-6-14)18-11-15(8-9-17(18)22-19)16-7-4-10-21-12-16/h1-12H,13H2,(H,22,24). The first kappa shape index (κ1) is 15.1. The SMILES string of the molecule is O=C1CN(C(=O)c2ccccc2)c2cc(-c3cccnc3)ccc2N1. The zero-order valence-corrected chi connectivity index (χ0v) is 13.3. The van der Waals surface area contributed by atoms with E-state index in [1.54, 1.807) is 24.5 Å². The van der Waals surface area contributed by atoms with Crippen LogP contribution in [0.5, 0.6) is 0 Å². The molecule has 1 aliphatic heterocycles. The van der Waals surface area contributed by atoms with Crippen molar-refractivity contribution in [2.24, 2.45) is 0 Å². The number of carbonyl (C=O) groups is 2. The first-order valence-corrected chi connectivity index (χ1v) is 7.93. The second-order valence-electron chi connectivity index (χ2n) is 5.78. The van der Waals surface area contributed by atoms with E-state index in [-0.39, 0.29) is 18.4 Å². The van der Waals surface area contributed by atoms with Gasteiger partial charge in [0, 0.05) is 23.5 Å². The molecule has 2 aromatic carbocycles. The molecule has 1 N–H and O–H groups in total. The van der Waals surface area contributed by atoms with Crippen molar-refractivity contribution in [2.75, 3.05) is 16.8 Å². The van der Waals surface area contributed by atoms with Crippen molar-refractivity contribution in [3.8, 4) is 11.1 Å². The molecule has 0 atom stereocenters. The van der Waals surface area contributed by atoms with E-state index in [9.17, 15) is 9.59 Å². The Morgan fingerprint density at radius 2 is 1.84 bits per heavy atom. The fourth-order valence-electron chi connectivity index (χ4n) is 2.91. The highest BCUT2D eigenvalue weighted by atomic mass is 16.2. The molecule has 5 heteroatoms. The van der Waals surface area contributed by atoms with Gasteiger partial charge in [0.05, 0.1) is 11.4 Å². The lowest BCUT2D eigenvalue weighted by molar-refractivity contribution is -0.115. The van der Waals surface area contributed by atoms with Gasteiger partial charge < -0.3 is 5.32 Å². The van der Waals surface area contributed by atoms with Crippen LogP contribution in [0.2, 0.25) is 0 Å². The number of rotatable bonds is 2. The summed E-state index contributed by atoms with van der Waals surface area (Å²) in [6, 6.07) is 18.4. The Morgan fingerprint density at radius 1 is 1.00 bits per heavy atom. The average Bonchev–Trinajstić information content (AvgIpc) is 2.68. The van der Waals surface area contributed by atoms with Gasteiger partial charge in [-0.05, 0) is 35.9 Å². The van der Waals surface area contributed by atoms with Gasteiger partial charge in [0.1, 0.15) is 6.54 Å². The van der Waals surface area contributed by atoms with Crippen molar-refractivity contribution in [1.82, 2.24) is 4.98 Å². The Bertz CT molecular complexity index is 940. The highest BCUT2D eigenvalue weighted by Gasteiger charge is 2.28. The lowest BCUT2D eigenvalue weighted by atomic mass is 10.0. The number of amides is 2. The molecule has 1 aliphatic rings. The summed E-state index contributed by atoms with van der Waals surface area (Å²) < 4.78 is 0. The van der Waals surface area contributed by atoms with Gasteiger partial charge >= 0.3 is 0 Å². The smallest absolute Gasteiger partial charge is 0.258 e. The van der Waals surface area contributed by atoms with E-state index < -0.39 is 0 Å². The van der Waals surface area contributed by atoms with E-state index in [0.717, 1.165) is 11.1 Å². The molecule has 25 heavy (non-hydrogen) atoms. The van der Waals surface area contributed by atoms with Crippen LogP contribution in [0.25, 0.3) is 11.1 Å². The van der Waals surface area contributed by atoms with E-state index in [0.29, 0.717) is 16.9 Å². The Kier molecular flexibility index (Phi) is 3.74. The van der Waals surface area contributed by atoms with E-state index in [4.69, 9.17) is 0 Å². The maximum atomic E-state index is 12.9. The first-order chi connectivity index (χ1) is 12.2. The molecule has 0 saturated carbocycles. The van der Waals surface area contributed by atoms with E-state index >= 15 is 0 Å². The molecule has 122 valence electrons. The molecule has 0 radical (unpaired) electrons. The highest BCUT2D eigenvalue weighted by Crippen LogP contribution is 2.34. The number of aromatic nitrogens is 1. The van der Waals surface area contributed by atoms with Gasteiger partial charge in [-0.15, -0.1) is 0 Å². The summed E-state index contributed by atoms with van der Waals surface area (Å²) in [5.41, 5.74) is 3.76. The van der Waals surface area contributed by atoms with Gasteiger partial charge in [-0.2, -0.15) is 0 Å². The normalized spacial score (nSPS) is 13.1. The third-order valence-electron chi connectivity index (χ3n) is 4.13. The van der Waals surface area contributed by atoms with Gasteiger partial charge in [-0.3, -0.25) is 19.5 Å². The summed E-state index contributed by atoms with van der Waals surface area (Å²) in [6.07, 6.45) is 3.49. The quantitative estimate of drug-likeness (QED) is 0.784. The van der Waals surface area contributed by atoms with E-state index in [2.05, 4.69) is 10.3 Å². The molecule has 2 amide bonds. The Balaban J connectivity index is 1.78. The first-order valence-electron chi connectivity index (χ1n) is 7.93. The van der Waals surface area contributed by atoms with Crippen LogP contribution in [0.1, 0.15) is 10.4 Å². The fourth-order valence-corrected chi connectivity index (χ4v) is 2.91. The van der Waals surface area contributed by atoms with E-state index in [1.807, 2.05) is 48.5 Å². The number of hydrogen-bond donors (Lipinski definition) is 1. The molecule has 0 unspecified atom stereocenters. The molecule has 5 nitrogen and oxygen atoms in total. The summed E-state index contributed by atoms with van der Waals surface area (Å²) in [5.74, 6) is -0.397. The number of pyridine rings is 1. The molecule has 0 spiro atoms. The van der Waals surface area contributed by atoms with E-state index in [1.165, 1.54) is 4.90 Å². The van der Waals surface area contributed by atoms with Crippen molar-refractivity contribution in [3.05, 3.63) is 78.6 Å². The molecule has 0 aliphatic carbocycles. The number of benzene rings is 2. The van der Waals surface area contributed by atoms with Crippen molar-refractivity contribution in [3.63, 3.8) is 0 Å². The van der Waals surface area contributed by atoms with Gasteiger partial charge in [0.2, 0.25) is 5.91 Å². The summed E-state index contributed by atoms with van der Waals surface area (Å²) in [5, 5.41) is 2.83. The topological polar surface area (TPSA) is 62.3 Å². The molecule has 4 rings (SSSR count). The number of nitrogens with one attached hydrogen (secondary N) is 1. The van der Waals surface area contributed by atoms with Crippen LogP contribution in [0.4, 0.5) is 11.4 Å². The van der Waals surface area contributed by atoms with Gasteiger partial charge in [-0.1, -0.05) is 30.3 Å². The van der Waals surface area contributed by atoms with Crippen LogP contribution >= 0.6 is 0 Å². The second-order valence-corrected chi connectivity index (χ2v) is 5.78. The molecule has 1 aromatic heterocycles. The fraction of sp³-hybridized carbons (Fsp3) is 0.0500. The zero-order chi connectivity index (χ0) is 17.2. The Labute approximate surface area is 144 Å². The molecule has 0 fully saturated rings. The number of carbonyl (C=O) groups excluding carboxylic acids is 2. The summed E-state index contributed by atoms with van der Waals surface area (Å²) in [6.45, 7) is -0.00276. The zero-order valence-electron chi connectivity index (χ0n) is 13.3. The minimum atomic E-state index is -0.203. The van der Waals surface area contributed by atoms with Crippen LogP contribution < -0.4 is 10.2 Å². The second kappa shape index (κ2) is 6.20. The van der Waals surface area contributed by atoms with Crippen molar-refractivity contribution >= 4 is 23.2 Å². The average molecular weight is 329 g/mol. The minimum Gasteiger partial charge on any atom is -0.323 e. The monoisotopic (exact) mass is 329 g/mol. The molecule has 2 heterocycles. The highest BCUT2D eigenvalue weighted by molar-refractivity contribution is 6.15. The maximum Gasteiger partial charge on any atom is 0.258 e. The predicted molar refractivity (Wildman–Crippen MR) is 96.4 cm³/mol. The largest absolute Gasteiger partial charge is 0.323 e. The lowest BCUT2D eigenvalue weighted by Gasteiger charge is -2.29. The Morgan fingerprint density at radius 3 is 2.60 bits per heavy atom. The summed E-state index contributed by atoms with van der Waals surface area (Å²) >= 11 is 0. The van der Waals surface area contributed by atoms with Crippen molar-refractivity contribution in [1.29, 1.82) is 0 Å². The molecule has 0 bridgehead atoms. The summed E-state index contributed by atoms with van der Waals surface area (Å²) in [4.78, 5) is 30.6. The lowest BCUT2D eigenvalue weighted by Crippen LogP contribution is -2.42. The molecular weight excluding hydrogens is 314 g/mol. The van der Waals surface area contributed by atoms with Crippen LogP contribution in [0, 0.1) is 0 Å². The number of fused-ring (bicyclic) bond motifs is 1. The number of anilines is 2. The van der Waals surface area contributed by atoms with Gasteiger partial charge in [0.25, 0.3) is 5.91 Å². The van der Waals surface area contributed by atoms with Crippen molar-refractivity contribution < 1.29 is 9.59 Å². The maximum absolute atomic E-state index is 12.9.